The maximum atomic E-state index is 5.32. The molecule has 0 bridgehead atoms. The first-order chi connectivity index (χ1) is 6.31. The van der Waals surface area contributed by atoms with E-state index in [4.69, 9.17) is 9.47 Å². The second-order valence-electron chi connectivity index (χ2n) is 3.34. The van der Waals surface area contributed by atoms with Gasteiger partial charge in [0.25, 0.3) is 0 Å². The smallest absolute Gasteiger partial charge is 0.355 e. The molecule has 0 aliphatic heterocycles. The van der Waals surface area contributed by atoms with Crippen LogP contribution < -0.4 is 0 Å². The SMILES string of the molecule is CCCOCOCCC[CH](C)[Mg][I]. The Morgan fingerprint density at radius 2 is 2.00 bits per heavy atom. The minimum absolute atomic E-state index is 0.174. The number of rotatable bonds is 9. The predicted molar refractivity (Wildman–Crippen MR) is 65.5 cm³/mol. The summed E-state index contributed by atoms with van der Waals surface area (Å²) in [6.45, 7) is 6.60. The van der Waals surface area contributed by atoms with Crippen molar-refractivity contribution in [2.45, 2.75) is 37.2 Å². The van der Waals surface area contributed by atoms with Gasteiger partial charge in [-0.1, -0.05) is 20.3 Å². The fraction of sp³-hybridized carbons (Fsp3) is 1.00. The predicted octanol–water partition coefficient (Wildman–Crippen LogP) is 3.03. The van der Waals surface area contributed by atoms with Crippen LogP contribution >= 0.6 is 18.9 Å². The molecular formula is C9H19IMgO2. The van der Waals surface area contributed by atoms with Crippen LogP contribution in [0.1, 0.15) is 33.1 Å². The number of halogens is 1. The Morgan fingerprint density at radius 1 is 1.31 bits per heavy atom. The Balaban J connectivity index is 2.91. The number of ether oxygens (including phenoxy) is 2. The highest BCUT2D eigenvalue weighted by atomic mass is 127. The van der Waals surface area contributed by atoms with Crippen molar-refractivity contribution in [3.05, 3.63) is 0 Å². The molecule has 1 unspecified atom stereocenters. The van der Waals surface area contributed by atoms with Gasteiger partial charge < -0.3 is 28.3 Å². The molecule has 1 atom stereocenters. The van der Waals surface area contributed by atoms with Crippen LogP contribution in [0.4, 0.5) is 0 Å². The van der Waals surface area contributed by atoms with E-state index in [-0.39, 0.29) is 16.5 Å². The lowest BCUT2D eigenvalue weighted by Crippen LogP contribution is -2.03. The van der Waals surface area contributed by atoms with Gasteiger partial charge in [-0.15, -0.1) is 4.05 Å². The standard InChI is InChI=1S/C9H19O2.HI.Mg/c1-3-5-6-8-11-9-10-7-4-2;;/h3H,4-9H2,1-2H3;1H;/q;;+1/p-1. The second-order valence-corrected chi connectivity index (χ2v) is 7.68. The summed E-state index contributed by atoms with van der Waals surface area (Å²) in [5.41, 5.74) is 0. The van der Waals surface area contributed by atoms with Crippen LogP contribution in [0.5, 0.6) is 0 Å². The molecule has 0 aromatic heterocycles. The zero-order chi connectivity index (χ0) is 9.94. The summed E-state index contributed by atoms with van der Waals surface area (Å²) in [6, 6.07) is 0. The van der Waals surface area contributed by atoms with Gasteiger partial charge in [-0.05, 0) is 12.8 Å². The Kier molecular flexibility index (Phi) is 12.7. The van der Waals surface area contributed by atoms with Crippen molar-refractivity contribution in [2.24, 2.45) is 0 Å². The number of hydrogen-bond acceptors (Lipinski definition) is 2. The van der Waals surface area contributed by atoms with Crippen molar-refractivity contribution >= 4 is 35.3 Å². The van der Waals surface area contributed by atoms with Crippen LogP contribution in [0, 0.1) is 0 Å². The molecule has 76 valence electrons. The van der Waals surface area contributed by atoms with E-state index >= 15 is 0 Å². The fourth-order valence-electron chi connectivity index (χ4n) is 0.932. The van der Waals surface area contributed by atoms with Crippen LogP contribution in [-0.2, 0) is 9.47 Å². The molecule has 0 aromatic rings. The molecule has 0 fully saturated rings. The third-order valence-electron chi connectivity index (χ3n) is 1.76. The Morgan fingerprint density at radius 3 is 2.62 bits per heavy atom. The lowest BCUT2D eigenvalue weighted by Gasteiger charge is -2.07. The topological polar surface area (TPSA) is 18.5 Å². The van der Waals surface area contributed by atoms with Crippen molar-refractivity contribution in [1.82, 2.24) is 0 Å². The van der Waals surface area contributed by atoms with Crippen LogP contribution in [0.25, 0.3) is 0 Å². The van der Waals surface area contributed by atoms with E-state index in [1.54, 1.807) is 0 Å². The molecule has 0 heterocycles. The molecule has 0 radical (unpaired) electrons. The van der Waals surface area contributed by atoms with E-state index in [1.165, 1.54) is 12.8 Å². The van der Waals surface area contributed by atoms with Crippen LogP contribution in [-0.4, -0.2) is 36.5 Å². The van der Waals surface area contributed by atoms with Gasteiger partial charge in [0.05, 0.1) is 0 Å². The highest BCUT2D eigenvalue weighted by molar-refractivity contribution is 14.1. The average Bonchev–Trinajstić information content (AvgIpc) is 2.16. The van der Waals surface area contributed by atoms with Crippen molar-refractivity contribution in [2.75, 3.05) is 20.0 Å². The van der Waals surface area contributed by atoms with Crippen molar-refractivity contribution in [3.8, 4) is 0 Å². The summed E-state index contributed by atoms with van der Waals surface area (Å²) < 4.78 is 11.5. The lowest BCUT2D eigenvalue weighted by atomic mass is 10.2. The summed E-state index contributed by atoms with van der Waals surface area (Å²) in [7, 11) is 0. The van der Waals surface area contributed by atoms with Gasteiger partial charge in [0, 0.05) is 13.2 Å². The third-order valence-corrected chi connectivity index (χ3v) is 7.21. The van der Waals surface area contributed by atoms with E-state index in [9.17, 15) is 0 Å². The van der Waals surface area contributed by atoms with E-state index in [1.807, 2.05) is 0 Å². The molecule has 13 heavy (non-hydrogen) atoms. The zero-order valence-corrected chi connectivity index (χ0v) is 12.3. The molecule has 4 heteroatoms. The maximum absolute atomic E-state index is 5.32. The van der Waals surface area contributed by atoms with Gasteiger partial charge in [0.2, 0.25) is 0 Å². The summed E-state index contributed by atoms with van der Waals surface area (Å²) in [5.74, 6) is 0. The Labute approximate surface area is 101 Å². The first kappa shape index (κ1) is 14.4. The minimum Gasteiger partial charge on any atom is -0.355 e. The molecule has 2 nitrogen and oxygen atoms in total. The lowest BCUT2D eigenvalue weighted by molar-refractivity contribution is -0.0543. The van der Waals surface area contributed by atoms with Gasteiger partial charge in [0.1, 0.15) is 6.79 Å². The molecule has 0 N–H and O–H groups in total. The van der Waals surface area contributed by atoms with Crippen molar-refractivity contribution in [3.63, 3.8) is 0 Å². The molecule has 0 saturated carbocycles. The van der Waals surface area contributed by atoms with Gasteiger partial charge in [0.15, 0.2) is 0 Å². The monoisotopic (exact) mass is 310 g/mol. The molecule has 0 saturated heterocycles. The normalized spacial score (nSPS) is 12.5. The Bertz CT molecular complexity index is 104. The molecule has 0 rings (SSSR count). The molecule has 0 aromatic carbocycles. The number of hydrogen-bond donors (Lipinski definition) is 0. The van der Waals surface area contributed by atoms with Gasteiger partial charge in [-0.3, -0.25) is 0 Å². The van der Waals surface area contributed by atoms with Crippen LogP contribution in [0.2, 0.25) is 4.05 Å². The summed E-state index contributed by atoms with van der Waals surface area (Å²) in [5, 5.41) is 0. The van der Waals surface area contributed by atoms with Gasteiger partial charge in [-0.2, -0.15) is 0 Å². The van der Waals surface area contributed by atoms with Crippen molar-refractivity contribution in [1.29, 1.82) is 0 Å². The van der Waals surface area contributed by atoms with Crippen molar-refractivity contribution < 1.29 is 9.47 Å². The van der Waals surface area contributed by atoms with E-state index in [0.29, 0.717) is 6.79 Å². The third kappa shape index (κ3) is 11.3. The second kappa shape index (κ2) is 11.5. The largest absolute Gasteiger partial charge is 0.466 e. The molecule has 0 aliphatic carbocycles. The van der Waals surface area contributed by atoms with Gasteiger partial charge in [-0.25, -0.2) is 0 Å². The van der Waals surface area contributed by atoms with E-state index in [0.717, 1.165) is 23.7 Å². The first-order valence-electron chi connectivity index (χ1n) is 5.02. The molecule has 0 aliphatic rings. The highest BCUT2D eigenvalue weighted by Crippen LogP contribution is 2.12. The minimum atomic E-state index is 0.174. The Hall–Kier alpha value is 1.42. The van der Waals surface area contributed by atoms with E-state index in [2.05, 4.69) is 32.7 Å². The average molecular weight is 310 g/mol. The van der Waals surface area contributed by atoms with E-state index < -0.39 is 0 Å². The van der Waals surface area contributed by atoms with Crippen LogP contribution in [0.15, 0.2) is 0 Å². The molecule has 0 amide bonds. The first-order valence-corrected chi connectivity index (χ1v) is 11.0. The van der Waals surface area contributed by atoms with Gasteiger partial charge >= 0.3 is 16.5 Å². The summed E-state index contributed by atoms with van der Waals surface area (Å²) in [4.78, 5) is 0. The molecular weight excluding hydrogens is 291 g/mol. The van der Waals surface area contributed by atoms with Crippen LogP contribution in [0.3, 0.4) is 0 Å². The maximum Gasteiger partial charge on any atom is 0.466 e. The fourth-order valence-corrected chi connectivity index (χ4v) is 2.70. The quantitative estimate of drug-likeness (QED) is 0.282. The summed E-state index contributed by atoms with van der Waals surface area (Å²) >= 11 is 2.74. The molecule has 0 spiro atoms. The highest BCUT2D eigenvalue weighted by Gasteiger charge is 2.02. The zero-order valence-electron chi connectivity index (χ0n) is 8.72. The summed E-state index contributed by atoms with van der Waals surface area (Å²) in [6.07, 6.45) is 3.58.